The van der Waals surface area contributed by atoms with Crippen molar-refractivity contribution in [1.82, 2.24) is 5.32 Å². The number of nitrogens with one attached hydrogen (secondary N) is 2. The average molecular weight is 445 g/mol. The van der Waals surface area contributed by atoms with Crippen LogP contribution in [0.5, 0.6) is 0 Å². The molecule has 0 saturated carbocycles. The highest BCUT2D eigenvalue weighted by Crippen LogP contribution is 2.25. The number of hydrogen-bond donors (Lipinski definition) is 2. The van der Waals surface area contributed by atoms with Crippen molar-refractivity contribution in [2.24, 2.45) is 0 Å². The number of hydrogen-bond acceptors (Lipinski definition) is 6. The Kier molecular flexibility index (Phi) is 6.86. The van der Waals surface area contributed by atoms with Gasteiger partial charge in [0.25, 0.3) is 5.91 Å². The van der Waals surface area contributed by atoms with Crippen LogP contribution in [-0.4, -0.2) is 33.2 Å². The lowest BCUT2D eigenvalue weighted by atomic mass is 10.1. The zero-order valence-electron chi connectivity index (χ0n) is 16.1. The maximum absolute atomic E-state index is 12.4. The van der Waals surface area contributed by atoms with E-state index >= 15 is 0 Å². The first-order valence-corrected chi connectivity index (χ1v) is 11.7. The number of thiophene rings is 1. The molecule has 1 atom stereocenters. The lowest BCUT2D eigenvalue weighted by molar-refractivity contribution is -0.124. The lowest BCUT2D eigenvalue weighted by Crippen LogP contribution is -2.32. The van der Waals surface area contributed by atoms with Gasteiger partial charge in [-0.2, -0.15) is 0 Å². The van der Waals surface area contributed by atoms with E-state index in [-0.39, 0.29) is 17.3 Å². The van der Waals surface area contributed by atoms with Crippen LogP contribution in [-0.2, 0) is 19.6 Å². The molecule has 0 saturated heterocycles. The number of esters is 1. The fraction of sp³-hybridized carbons (Fsp3) is 0.143. The van der Waals surface area contributed by atoms with E-state index in [1.807, 2.05) is 47.8 Å². The summed E-state index contributed by atoms with van der Waals surface area (Å²) < 4.78 is 30.1. The molecule has 0 aliphatic carbocycles. The largest absolute Gasteiger partial charge is 0.452 e. The van der Waals surface area contributed by atoms with Gasteiger partial charge in [0, 0.05) is 10.6 Å². The van der Waals surface area contributed by atoms with Crippen LogP contribution in [0.2, 0.25) is 0 Å². The standard InChI is InChI=1S/C21H20N2O5S2/c1-30(26,27)23-17-10-5-9-16(13-17)21(25)28-14-19(24)22-20(18-11-6-12-29-18)15-7-3-2-4-8-15/h2-13,20,23H,14H2,1H3,(H,22,24). The van der Waals surface area contributed by atoms with Crippen molar-refractivity contribution in [3.05, 3.63) is 88.1 Å². The van der Waals surface area contributed by atoms with Crippen LogP contribution in [0.15, 0.2) is 72.1 Å². The molecule has 156 valence electrons. The van der Waals surface area contributed by atoms with Crippen LogP contribution in [0.1, 0.15) is 26.8 Å². The van der Waals surface area contributed by atoms with Crippen molar-refractivity contribution in [3.8, 4) is 0 Å². The monoisotopic (exact) mass is 444 g/mol. The van der Waals surface area contributed by atoms with E-state index in [1.54, 1.807) is 0 Å². The Hall–Kier alpha value is -3.17. The number of rotatable bonds is 8. The molecule has 0 fully saturated rings. The minimum absolute atomic E-state index is 0.134. The molecule has 0 aliphatic heterocycles. The van der Waals surface area contributed by atoms with E-state index in [0.29, 0.717) is 0 Å². The van der Waals surface area contributed by atoms with Crippen molar-refractivity contribution < 1.29 is 22.7 Å². The smallest absolute Gasteiger partial charge is 0.338 e. The van der Waals surface area contributed by atoms with Gasteiger partial charge < -0.3 is 10.1 Å². The molecule has 0 radical (unpaired) electrons. The van der Waals surface area contributed by atoms with Crippen LogP contribution >= 0.6 is 11.3 Å². The molecule has 2 N–H and O–H groups in total. The number of anilines is 1. The van der Waals surface area contributed by atoms with Crippen molar-refractivity contribution in [3.63, 3.8) is 0 Å². The molecule has 0 bridgehead atoms. The third-order valence-electron chi connectivity index (χ3n) is 4.00. The third kappa shape index (κ3) is 6.16. The fourth-order valence-corrected chi connectivity index (χ4v) is 4.12. The van der Waals surface area contributed by atoms with Crippen molar-refractivity contribution in [2.75, 3.05) is 17.6 Å². The number of amides is 1. The molecular formula is C21H20N2O5S2. The van der Waals surface area contributed by atoms with E-state index in [4.69, 9.17) is 4.74 Å². The molecule has 0 spiro atoms. The number of sulfonamides is 1. The van der Waals surface area contributed by atoms with Gasteiger partial charge in [0.1, 0.15) is 0 Å². The molecule has 2 aromatic carbocycles. The highest BCUT2D eigenvalue weighted by molar-refractivity contribution is 7.92. The second-order valence-corrected chi connectivity index (χ2v) is 9.19. The molecule has 1 unspecified atom stereocenters. The average Bonchev–Trinajstić information content (AvgIpc) is 3.24. The van der Waals surface area contributed by atoms with Crippen molar-refractivity contribution >= 4 is 38.9 Å². The number of benzene rings is 2. The first-order chi connectivity index (χ1) is 14.3. The molecule has 1 aromatic heterocycles. The SMILES string of the molecule is CS(=O)(=O)Nc1cccc(C(=O)OCC(=O)NC(c2ccccc2)c2cccs2)c1. The maximum atomic E-state index is 12.4. The van der Waals surface area contributed by atoms with Crippen molar-refractivity contribution in [2.45, 2.75) is 6.04 Å². The highest BCUT2D eigenvalue weighted by Gasteiger charge is 2.19. The van der Waals surface area contributed by atoms with Gasteiger partial charge in [-0.1, -0.05) is 42.5 Å². The summed E-state index contributed by atoms with van der Waals surface area (Å²) in [5, 5.41) is 4.81. The summed E-state index contributed by atoms with van der Waals surface area (Å²) in [6.45, 7) is -0.461. The summed E-state index contributed by atoms with van der Waals surface area (Å²) in [7, 11) is -3.47. The Labute approximate surface area is 178 Å². The molecular weight excluding hydrogens is 424 g/mol. The quantitative estimate of drug-likeness (QED) is 0.520. The molecule has 30 heavy (non-hydrogen) atoms. The van der Waals surface area contributed by atoms with E-state index in [1.165, 1.54) is 35.6 Å². The lowest BCUT2D eigenvalue weighted by Gasteiger charge is -2.18. The van der Waals surface area contributed by atoms with Crippen molar-refractivity contribution in [1.29, 1.82) is 0 Å². The minimum Gasteiger partial charge on any atom is -0.452 e. The predicted octanol–water partition coefficient (Wildman–Crippen LogP) is 3.18. The highest BCUT2D eigenvalue weighted by atomic mass is 32.2. The topological polar surface area (TPSA) is 102 Å². The van der Waals surface area contributed by atoms with E-state index in [0.717, 1.165) is 16.7 Å². The Balaban J connectivity index is 1.63. The van der Waals surface area contributed by atoms with Gasteiger partial charge in [0.05, 0.1) is 17.9 Å². The first-order valence-electron chi connectivity index (χ1n) is 8.94. The molecule has 9 heteroatoms. The molecule has 7 nitrogen and oxygen atoms in total. The fourth-order valence-electron chi connectivity index (χ4n) is 2.76. The zero-order valence-corrected chi connectivity index (χ0v) is 17.7. The summed E-state index contributed by atoms with van der Waals surface area (Å²) in [6, 6.07) is 18.8. The number of carbonyl (C=O) groups excluding carboxylic acids is 2. The molecule has 3 aromatic rings. The zero-order chi connectivity index (χ0) is 21.6. The van der Waals surface area contributed by atoms with Crippen LogP contribution in [0.3, 0.4) is 0 Å². The normalized spacial score (nSPS) is 12.0. The molecule has 3 rings (SSSR count). The molecule has 1 heterocycles. The van der Waals surface area contributed by atoms with Gasteiger partial charge in [0.15, 0.2) is 6.61 Å². The Morgan fingerprint density at radius 1 is 1.03 bits per heavy atom. The summed E-state index contributed by atoms with van der Waals surface area (Å²) in [5.74, 6) is -1.18. The van der Waals surface area contributed by atoms with E-state index < -0.39 is 28.5 Å². The van der Waals surface area contributed by atoms with Gasteiger partial charge in [0.2, 0.25) is 10.0 Å². The van der Waals surface area contributed by atoms with Crippen LogP contribution < -0.4 is 10.0 Å². The molecule has 0 aliphatic rings. The van der Waals surface area contributed by atoms with Crippen LogP contribution in [0.4, 0.5) is 5.69 Å². The van der Waals surface area contributed by atoms with Gasteiger partial charge in [-0.3, -0.25) is 9.52 Å². The van der Waals surface area contributed by atoms with Gasteiger partial charge in [-0.15, -0.1) is 11.3 Å². The Morgan fingerprint density at radius 2 is 1.80 bits per heavy atom. The third-order valence-corrected chi connectivity index (χ3v) is 5.55. The Morgan fingerprint density at radius 3 is 2.47 bits per heavy atom. The van der Waals surface area contributed by atoms with E-state index in [2.05, 4.69) is 10.0 Å². The second kappa shape index (κ2) is 9.55. The van der Waals surface area contributed by atoms with Gasteiger partial charge >= 0.3 is 5.97 Å². The first kappa shape index (κ1) is 21.5. The second-order valence-electron chi connectivity index (χ2n) is 6.46. The van der Waals surface area contributed by atoms with Gasteiger partial charge in [-0.25, -0.2) is 13.2 Å². The van der Waals surface area contributed by atoms with Crippen LogP contribution in [0, 0.1) is 0 Å². The number of carbonyl (C=O) groups is 2. The van der Waals surface area contributed by atoms with Crippen LogP contribution in [0.25, 0.3) is 0 Å². The van der Waals surface area contributed by atoms with E-state index in [9.17, 15) is 18.0 Å². The number of ether oxygens (including phenoxy) is 1. The van der Waals surface area contributed by atoms with Gasteiger partial charge in [-0.05, 0) is 35.2 Å². The summed E-state index contributed by atoms with van der Waals surface area (Å²) in [6.07, 6.45) is 1.01. The maximum Gasteiger partial charge on any atom is 0.338 e. The minimum atomic E-state index is -3.47. The summed E-state index contributed by atoms with van der Waals surface area (Å²) in [4.78, 5) is 25.7. The molecule has 1 amide bonds. The predicted molar refractivity (Wildman–Crippen MR) is 116 cm³/mol. The summed E-state index contributed by atoms with van der Waals surface area (Å²) >= 11 is 1.52. The summed E-state index contributed by atoms with van der Waals surface area (Å²) in [5.41, 5.74) is 1.28. The Bertz CT molecular complexity index is 1110.